The number of alkyl halides is 1. The van der Waals surface area contributed by atoms with Crippen LogP contribution in [-0.2, 0) is 15.1 Å². The molecule has 0 radical (unpaired) electrons. The van der Waals surface area contributed by atoms with Gasteiger partial charge in [0.25, 0.3) is 0 Å². The normalized spacial score (nSPS) is 29.8. The van der Waals surface area contributed by atoms with Gasteiger partial charge in [-0.05, 0) is 29.7 Å². The van der Waals surface area contributed by atoms with Crippen molar-refractivity contribution >= 4 is 21.6 Å². The fourth-order valence-electron chi connectivity index (χ4n) is 3.42. The molecule has 0 amide bonds. The SMILES string of the molecule is COCCO[C@@]1(c2ccccc2)/C(=N/O)C[C@@H](C(C)(C)C)C[C@@H]1Br. The maximum absolute atomic E-state index is 9.80. The first-order chi connectivity index (χ1) is 11.4. The van der Waals surface area contributed by atoms with Gasteiger partial charge in [0, 0.05) is 7.11 Å². The number of hydrogen-bond acceptors (Lipinski definition) is 4. The van der Waals surface area contributed by atoms with Crippen molar-refractivity contribution in [1.29, 1.82) is 0 Å². The first-order valence-corrected chi connectivity index (χ1v) is 9.31. The highest BCUT2D eigenvalue weighted by Gasteiger charge is 2.52. The van der Waals surface area contributed by atoms with Crippen molar-refractivity contribution in [3.63, 3.8) is 0 Å². The molecule has 134 valence electrons. The Morgan fingerprint density at radius 2 is 1.92 bits per heavy atom. The number of ether oxygens (including phenoxy) is 2. The van der Waals surface area contributed by atoms with Crippen molar-refractivity contribution in [3.05, 3.63) is 35.9 Å². The van der Waals surface area contributed by atoms with Crippen LogP contribution in [0.2, 0.25) is 0 Å². The highest BCUT2D eigenvalue weighted by atomic mass is 79.9. The van der Waals surface area contributed by atoms with Gasteiger partial charge in [-0.1, -0.05) is 72.2 Å². The van der Waals surface area contributed by atoms with Gasteiger partial charge in [0.2, 0.25) is 0 Å². The van der Waals surface area contributed by atoms with Crippen LogP contribution in [0.25, 0.3) is 0 Å². The zero-order chi connectivity index (χ0) is 17.8. The summed E-state index contributed by atoms with van der Waals surface area (Å²) in [6.45, 7) is 7.62. The van der Waals surface area contributed by atoms with Gasteiger partial charge in [-0.25, -0.2) is 0 Å². The van der Waals surface area contributed by atoms with E-state index in [-0.39, 0.29) is 10.2 Å². The Labute approximate surface area is 153 Å². The van der Waals surface area contributed by atoms with E-state index in [9.17, 15) is 5.21 Å². The quantitative estimate of drug-likeness (QED) is 0.342. The van der Waals surface area contributed by atoms with Gasteiger partial charge < -0.3 is 14.7 Å². The molecule has 0 bridgehead atoms. The lowest BCUT2D eigenvalue weighted by Gasteiger charge is -2.47. The van der Waals surface area contributed by atoms with Gasteiger partial charge in [-0.15, -0.1) is 0 Å². The first-order valence-electron chi connectivity index (χ1n) is 8.40. The van der Waals surface area contributed by atoms with Crippen LogP contribution >= 0.6 is 15.9 Å². The largest absolute Gasteiger partial charge is 0.411 e. The molecule has 24 heavy (non-hydrogen) atoms. The van der Waals surface area contributed by atoms with Crippen molar-refractivity contribution in [3.8, 4) is 0 Å². The minimum atomic E-state index is -0.768. The zero-order valence-corrected chi connectivity index (χ0v) is 16.5. The third-order valence-corrected chi connectivity index (χ3v) is 5.98. The second-order valence-electron chi connectivity index (χ2n) is 7.46. The van der Waals surface area contributed by atoms with Crippen LogP contribution < -0.4 is 0 Å². The molecule has 5 heteroatoms. The predicted molar refractivity (Wildman–Crippen MR) is 100 cm³/mol. The van der Waals surface area contributed by atoms with Crippen LogP contribution in [0, 0.1) is 11.3 Å². The number of rotatable bonds is 5. The fraction of sp³-hybridized carbons (Fsp3) is 0.632. The van der Waals surface area contributed by atoms with Gasteiger partial charge in [0.05, 0.1) is 23.8 Å². The van der Waals surface area contributed by atoms with Gasteiger partial charge in [0.15, 0.2) is 0 Å². The van der Waals surface area contributed by atoms with Crippen LogP contribution in [0.5, 0.6) is 0 Å². The number of oxime groups is 1. The van der Waals surface area contributed by atoms with Gasteiger partial charge in [-0.3, -0.25) is 0 Å². The molecule has 2 rings (SSSR count). The summed E-state index contributed by atoms with van der Waals surface area (Å²) >= 11 is 3.86. The second-order valence-corrected chi connectivity index (χ2v) is 8.57. The Morgan fingerprint density at radius 3 is 2.46 bits per heavy atom. The molecule has 1 aromatic carbocycles. The summed E-state index contributed by atoms with van der Waals surface area (Å²) < 4.78 is 11.5. The summed E-state index contributed by atoms with van der Waals surface area (Å²) in [5.41, 5.74) is 1.05. The molecule has 0 unspecified atom stereocenters. The lowest BCUT2D eigenvalue weighted by Crippen LogP contribution is -2.53. The van der Waals surface area contributed by atoms with Crippen LogP contribution in [0.15, 0.2) is 35.5 Å². The minimum absolute atomic E-state index is 0.0214. The summed E-state index contributed by atoms with van der Waals surface area (Å²) in [5.74, 6) is 0.413. The Bertz CT molecular complexity index is 555. The third kappa shape index (κ3) is 3.84. The van der Waals surface area contributed by atoms with Crippen LogP contribution in [0.3, 0.4) is 0 Å². The lowest BCUT2D eigenvalue weighted by molar-refractivity contribution is -0.0383. The molecule has 0 spiro atoms. The van der Waals surface area contributed by atoms with Crippen molar-refractivity contribution in [2.75, 3.05) is 20.3 Å². The van der Waals surface area contributed by atoms with E-state index in [1.165, 1.54) is 0 Å². The third-order valence-electron chi connectivity index (χ3n) is 4.97. The molecule has 0 aliphatic heterocycles. The fourth-order valence-corrected chi connectivity index (χ4v) is 4.53. The molecule has 1 aliphatic rings. The van der Waals surface area contributed by atoms with E-state index >= 15 is 0 Å². The maximum atomic E-state index is 9.80. The average Bonchev–Trinajstić information content (AvgIpc) is 2.56. The topological polar surface area (TPSA) is 51.0 Å². The standard InChI is InChI=1S/C19H28BrNO3/c1-18(2,3)15-12-16(20)19(17(13-15)21-22,24-11-10-23-4)14-8-6-5-7-9-14/h5-9,15-16,22H,10-13H2,1-4H3/b21-17+/t15-,16-,19+/m0/s1. The number of hydrogen-bond donors (Lipinski definition) is 1. The number of benzene rings is 1. The molecule has 0 heterocycles. The number of nitrogens with zero attached hydrogens (tertiary/aromatic N) is 1. The molecule has 3 atom stereocenters. The predicted octanol–water partition coefficient (Wildman–Crippen LogP) is 4.59. The van der Waals surface area contributed by atoms with E-state index < -0.39 is 5.60 Å². The Morgan fingerprint density at radius 1 is 1.25 bits per heavy atom. The summed E-state index contributed by atoms with van der Waals surface area (Å²) in [4.78, 5) is 0.0214. The Balaban J connectivity index is 2.44. The van der Waals surface area contributed by atoms with E-state index in [1.54, 1.807) is 7.11 Å². The molecule has 1 fully saturated rings. The molecule has 0 aromatic heterocycles. The molecule has 1 saturated carbocycles. The summed E-state index contributed by atoms with van der Waals surface area (Å²) in [6, 6.07) is 10.0. The Hall–Kier alpha value is -0.910. The van der Waals surface area contributed by atoms with Gasteiger partial charge in [-0.2, -0.15) is 0 Å². The lowest BCUT2D eigenvalue weighted by atomic mass is 9.65. The molecule has 1 aromatic rings. The van der Waals surface area contributed by atoms with Crippen molar-refractivity contribution < 1.29 is 14.7 Å². The van der Waals surface area contributed by atoms with Crippen molar-refractivity contribution in [1.82, 2.24) is 0 Å². The second kappa shape index (κ2) is 7.98. The van der Waals surface area contributed by atoms with Crippen LogP contribution in [-0.4, -0.2) is 36.1 Å². The van der Waals surface area contributed by atoms with Gasteiger partial charge >= 0.3 is 0 Å². The zero-order valence-electron chi connectivity index (χ0n) is 15.0. The first kappa shape index (κ1) is 19.4. The summed E-state index contributed by atoms with van der Waals surface area (Å²) in [7, 11) is 1.65. The Kier molecular flexibility index (Phi) is 6.46. The molecule has 0 saturated heterocycles. The van der Waals surface area contributed by atoms with E-state index in [0.29, 0.717) is 31.3 Å². The van der Waals surface area contributed by atoms with Crippen LogP contribution in [0.4, 0.5) is 0 Å². The minimum Gasteiger partial charge on any atom is -0.411 e. The monoisotopic (exact) mass is 397 g/mol. The van der Waals surface area contributed by atoms with E-state index in [2.05, 4.69) is 41.9 Å². The molecule has 4 nitrogen and oxygen atoms in total. The van der Waals surface area contributed by atoms with E-state index in [1.807, 2.05) is 30.3 Å². The van der Waals surface area contributed by atoms with Crippen molar-refractivity contribution in [2.24, 2.45) is 16.5 Å². The van der Waals surface area contributed by atoms with Crippen LogP contribution in [0.1, 0.15) is 39.2 Å². The summed E-state index contributed by atoms with van der Waals surface area (Å²) in [5, 5.41) is 13.5. The smallest absolute Gasteiger partial charge is 0.147 e. The van der Waals surface area contributed by atoms with E-state index in [0.717, 1.165) is 12.0 Å². The molecule has 1 N–H and O–H groups in total. The summed E-state index contributed by atoms with van der Waals surface area (Å²) in [6.07, 6.45) is 1.66. The van der Waals surface area contributed by atoms with E-state index in [4.69, 9.17) is 9.47 Å². The van der Waals surface area contributed by atoms with Gasteiger partial charge in [0.1, 0.15) is 5.60 Å². The highest BCUT2D eigenvalue weighted by molar-refractivity contribution is 9.09. The van der Waals surface area contributed by atoms with Crippen molar-refractivity contribution in [2.45, 2.75) is 44.0 Å². The molecule has 1 aliphatic carbocycles. The number of methoxy groups -OCH3 is 1. The maximum Gasteiger partial charge on any atom is 0.147 e. The molecular weight excluding hydrogens is 370 g/mol. The average molecular weight is 398 g/mol. The number of halogens is 1. The molecular formula is C19H28BrNO3. The highest BCUT2D eigenvalue weighted by Crippen LogP contribution is 2.49.